The molecule has 14 heavy (non-hydrogen) atoms. The highest BCUT2D eigenvalue weighted by Crippen LogP contribution is 2.31. The van der Waals surface area contributed by atoms with Crippen LogP contribution in [0.4, 0.5) is 10.1 Å². The summed E-state index contributed by atoms with van der Waals surface area (Å²) in [7, 11) is 1.68. The van der Waals surface area contributed by atoms with Crippen molar-refractivity contribution in [2.24, 2.45) is 0 Å². The molecule has 0 aliphatic heterocycles. The van der Waals surface area contributed by atoms with E-state index < -0.39 is 5.82 Å². The summed E-state index contributed by atoms with van der Waals surface area (Å²) in [6, 6.07) is 2.53. The van der Waals surface area contributed by atoms with Gasteiger partial charge in [-0.2, -0.15) is 0 Å². The minimum Gasteiger partial charge on any atom is -0.366 e. The van der Waals surface area contributed by atoms with E-state index in [1.165, 1.54) is 12.1 Å². The molecule has 2 nitrogen and oxygen atoms in total. The average Bonchev–Trinajstić information content (AvgIpc) is 2.10. The van der Waals surface area contributed by atoms with Crippen molar-refractivity contribution in [1.29, 1.82) is 0 Å². The average molecular weight is 298 g/mol. The highest BCUT2D eigenvalue weighted by molar-refractivity contribution is 9.10. The van der Waals surface area contributed by atoms with Gasteiger partial charge in [0.2, 0.25) is 0 Å². The molecule has 0 saturated heterocycles. The van der Waals surface area contributed by atoms with Crippen LogP contribution in [0.25, 0.3) is 0 Å². The van der Waals surface area contributed by atoms with Crippen LogP contribution < -0.4 is 10.6 Å². The van der Waals surface area contributed by atoms with Crippen LogP contribution in [0.2, 0.25) is 5.02 Å². The number of thiocarbonyl (C=S) groups is 1. The minimum atomic E-state index is -0.400. The summed E-state index contributed by atoms with van der Waals surface area (Å²) < 4.78 is 13.4. The number of rotatable bonds is 1. The van der Waals surface area contributed by atoms with Crippen LogP contribution in [0.1, 0.15) is 0 Å². The van der Waals surface area contributed by atoms with Crippen molar-refractivity contribution < 1.29 is 4.39 Å². The van der Waals surface area contributed by atoms with Gasteiger partial charge in [0.05, 0.1) is 10.7 Å². The Labute approximate surface area is 100.0 Å². The van der Waals surface area contributed by atoms with Crippen molar-refractivity contribution in [3.8, 4) is 0 Å². The lowest BCUT2D eigenvalue weighted by Crippen LogP contribution is -2.24. The summed E-state index contributed by atoms with van der Waals surface area (Å²) in [5, 5.41) is 6.25. The van der Waals surface area contributed by atoms with Crippen molar-refractivity contribution in [2.75, 3.05) is 12.4 Å². The fourth-order valence-electron chi connectivity index (χ4n) is 0.838. The zero-order chi connectivity index (χ0) is 10.7. The van der Waals surface area contributed by atoms with Crippen LogP contribution in [0.3, 0.4) is 0 Å². The van der Waals surface area contributed by atoms with E-state index in [0.717, 1.165) is 0 Å². The third-order valence-corrected chi connectivity index (χ3v) is 2.70. The molecule has 1 aromatic carbocycles. The number of anilines is 1. The topological polar surface area (TPSA) is 24.1 Å². The second-order valence-electron chi connectivity index (χ2n) is 2.45. The van der Waals surface area contributed by atoms with Gasteiger partial charge in [0, 0.05) is 11.5 Å². The molecule has 6 heteroatoms. The Kier molecular flexibility index (Phi) is 4.10. The summed E-state index contributed by atoms with van der Waals surface area (Å²) in [4.78, 5) is 0. The van der Waals surface area contributed by atoms with Gasteiger partial charge in [0.25, 0.3) is 0 Å². The smallest absolute Gasteiger partial charge is 0.170 e. The van der Waals surface area contributed by atoms with Crippen molar-refractivity contribution in [2.45, 2.75) is 0 Å². The molecule has 0 amide bonds. The van der Waals surface area contributed by atoms with Crippen molar-refractivity contribution in [3.63, 3.8) is 0 Å². The normalized spacial score (nSPS) is 9.71. The third-order valence-electron chi connectivity index (χ3n) is 1.47. The van der Waals surface area contributed by atoms with E-state index in [4.69, 9.17) is 23.8 Å². The molecule has 1 aromatic rings. The Morgan fingerprint density at radius 1 is 1.57 bits per heavy atom. The summed E-state index contributed by atoms with van der Waals surface area (Å²) in [5.74, 6) is -0.400. The number of nitrogens with one attached hydrogen (secondary N) is 2. The van der Waals surface area contributed by atoms with E-state index in [9.17, 15) is 4.39 Å². The summed E-state index contributed by atoms with van der Waals surface area (Å²) >= 11 is 13.9. The Bertz CT molecular complexity index is 349. The number of halogens is 3. The first kappa shape index (κ1) is 11.7. The zero-order valence-electron chi connectivity index (χ0n) is 7.20. The van der Waals surface area contributed by atoms with Gasteiger partial charge in [0.15, 0.2) is 5.11 Å². The molecule has 0 aromatic heterocycles. The van der Waals surface area contributed by atoms with Crippen LogP contribution in [-0.2, 0) is 0 Å². The summed E-state index contributed by atoms with van der Waals surface area (Å²) in [6.07, 6.45) is 0. The monoisotopic (exact) mass is 296 g/mol. The highest BCUT2D eigenvalue weighted by Gasteiger charge is 2.08. The molecular weight excluding hydrogens is 291 g/mol. The summed E-state index contributed by atoms with van der Waals surface area (Å²) in [6.45, 7) is 0. The molecule has 0 atom stereocenters. The maximum Gasteiger partial charge on any atom is 0.170 e. The van der Waals surface area contributed by atoms with Gasteiger partial charge in [-0.1, -0.05) is 11.6 Å². The lowest BCUT2D eigenvalue weighted by molar-refractivity contribution is 0.627. The van der Waals surface area contributed by atoms with Crippen LogP contribution in [0, 0.1) is 5.82 Å². The summed E-state index contributed by atoms with van der Waals surface area (Å²) in [5.41, 5.74) is 0.549. The second-order valence-corrected chi connectivity index (χ2v) is 4.12. The lowest BCUT2D eigenvalue weighted by atomic mass is 10.3. The molecule has 0 unspecified atom stereocenters. The second kappa shape index (κ2) is 4.91. The predicted molar refractivity (Wildman–Crippen MR) is 64.4 cm³/mol. The van der Waals surface area contributed by atoms with Crippen LogP contribution in [-0.4, -0.2) is 12.2 Å². The van der Waals surface area contributed by atoms with Gasteiger partial charge in [-0.25, -0.2) is 4.39 Å². The first-order valence-corrected chi connectivity index (χ1v) is 5.25. The van der Waals surface area contributed by atoms with E-state index in [2.05, 4.69) is 26.6 Å². The molecule has 0 bridgehead atoms. The Morgan fingerprint density at radius 2 is 2.21 bits per heavy atom. The maximum absolute atomic E-state index is 12.8. The van der Waals surface area contributed by atoms with E-state index in [1.54, 1.807) is 7.05 Å². The third kappa shape index (κ3) is 2.80. The van der Waals surface area contributed by atoms with Crippen LogP contribution >= 0.6 is 39.7 Å². The lowest BCUT2D eigenvalue weighted by Gasteiger charge is -2.10. The minimum absolute atomic E-state index is 0.273. The van der Waals surface area contributed by atoms with Crippen molar-refractivity contribution in [3.05, 3.63) is 27.4 Å². The van der Waals surface area contributed by atoms with E-state index >= 15 is 0 Å². The highest BCUT2D eigenvalue weighted by atomic mass is 79.9. The number of hydrogen-bond acceptors (Lipinski definition) is 1. The fraction of sp³-hybridized carbons (Fsp3) is 0.125. The quantitative estimate of drug-likeness (QED) is 0.779. The van der Waals surface area contributed by atoms with E-state index in [0.29, 0.717) is 15.3 Å². The molecule has 0 aliphatic rings. The Balaban J connectivity index is 3.02. The fourth-order valence-corrected chi connectivity index (χ4v) is 1.84. The van der Waals surface area contributed by atoms with Gasteiger partial charge in [-0.05, 0) is 40.3 Å². The van der Waals surface area contributed by atoms with Crippen molar-refractivity contribution in [1.82, 2.24) is 5.32 Å². The van der Waals surface area contributed by atoms with Gasteiger partial charge in [-0.15, -0.1) is 0 Å². The number of benzene rings is 1. The first-order chi connectivity index (χ1) is 6.54. The first-order valence-electron chi connectivity index (χ1n) is 3.68. The molecule has 0 aliphatic carbocycles. The Morgan fingerprint density at radius 3 is 2.71 bits per heavy atom. The number of hydrogen-bond donors (Lipinski definition) is 2. The van der Waals surface area contributed by atoms with E-state index in [1.807, 2.05) is 0 Å². The van der Waals surface area contributed by atoms with E-state index in [-0.39, 0.29) is 5.02 Å². The molecular formula is C8H7BrClFN2S. The van der Waals surface area contributed by atoms with Gasteiger partial charge in [-0.3, -0.25) is 0 Å². The molecule has 2 N–H and O–H groups in total. The molecule has 0 saturated carbocycles. The molecule has 0 fully saturated rings. The zero-order valence-corrected chi connectivity index (χ0v) is 10.4. The van der Waals surface area contributed by atoms with Gasteiger partial charge >= 0.3 is 0 Å². The Hall–Kier alpha value is -0.390. The largest absolute Gasteiger partial charge is 0.366 e. The molecule has 0 spiro atoms. The van der Waals surface area contributed by atoms with Crippen molar-refractivity contribution >= 4 is 50.5 Å². The van der Waals surface area contributed by atoms with Gasteiger partial charge < -0.3 is 10.6 Å². The molecule has 0 radical (unpaired) electrons. The molecule has 0 heterocycles. The van der Waals surface area contributed by atoms with Crippen LogP contribution in [0.15, 0.2) is 16.6 Å². The molecule has 1 rings (SSSR count). The SMILES string of the molecule is CNC(=S)Nc1c(Cl)cc(F)cc1Br. The maximum atomic E-state index is 12.8. The van der Waals surface area contributed by atoms with Gasteiger partial charge in [0.1, 0.15) is 5.82 Å². The predicted octanol–water partition coefficient (Wildman–Crippen LogP) is 3.16. The van der Waals surface area contributed by atoms with Crippen LogP contribution in [0.5, 0.6) is 0 Å². The standard InChI is InChI=1S/C8H7BrClFN2S/c1-12-8(14)13-7-5(9)2-4(11)3-6(7)10/h2-3H,1H3,(H2,12,13,14). The molecule has 76 valence electrons.